The molecule has 4 aromatic rings. The van der Waals surface area contributed by atoms with Gasteiger partial charge in [0.1, 0.15) is 5.69 Å². The zero-order valence-corrected chi connectivity index (χ0v) is 17.8. The predicted octanol–water partition coefficient (Wildman–Crippen LogP) is 2.97. The third-order valence-corrected chi connectivity index (χ3v) is 6.92. The standard InChI is InChI=1S/C23H25N7O/c1-14-10-19(28-29-13-15(2)26-21(14)29)18-5-4-17-20(27-18)12-25-30(22(17)31)16-6-9-24-23(11-16)7-3-8-23/h4-5,10,12-13,16,24H,3,6-9,11H2,1-2H3/t16-/m1/s1. The van der Waals surface area contributed by atoms with Gasteiger partial charge in [-0.1, -0.05) is 0 Å². The zero-order valence-electron chi connectivity index (χ0n) is 17.8. The van der Waals surface area contributed by atoms with Crippen molar-refractivity contribution in [3.05, 3.63) is 52.2 Å². The number of aromatic nitrogens is 6. The molecule has 1 atom stereocenters. The quantitative estimate of drug-likeness (QED) is 0.541. The van der Waals surface area contributed by atoms with Gasteiger partial charge in [-0.15, -0.1) is 0 Å². The number of rotatable bonds is 2. The summed E-state index contributed by atoms with van der Waals surface area (Å²) in [6.07, 6.45) is 9.20. The van der Waals surface area contributed by atoms with Gasteiger partial charge >= 0.3 is 0 Å². The monoisotopic (exact) mass is 415 g/mol. The molecule has 1 spiro atoms. The highest BCUT2D eigenvalue weighted by Crippen LogP contribution is 2.41. The molecule has 0 amide bonds. The minimum absolute atomic E-state index is 0.0530. The van der Waals surface area contributed by atoms with Crippen LogP contribution in [0.2, 0.25) is 0 Å². The Labute approximate surface area is 179 Å². The van der Waals surface area contributed by atoms with Gasteiger partial charge in [0.15, 0.2) is 5.65 Å². The second kappa shape index (κ2) is 6.68. The van der Waals surface area contributed by atoms with Crippen LogP contribution in [0.25, 0.3) is 27.9 Å². The molecule has 1 aliphatic carbocycles. The lowest BCUT2D eigenvalue weighted by molar-refractivity contribution is 0.104. The summed E-state index contributed by atoms with van der Waals surface area (Å²) in [6.45, 7) is 4.91. The summed E-state index contributed by atoms with van der Waals surface area (Å²) in [7, 11) is 0. The number of fused-ring (bicyclic) bond motifs is 2. The van der Waals surface area contributed by atoms with Crippen molar-refractivity contribution in [3.8, 4) is 11.4 Å². The minimum Gasteiger partial charge on any atom is -0.311 e. The average molecular weight is 416 g/mol. The summed E-state index contributed by atoms with van der Waals surface area (Å²) in [5.74, 6) is 0. The molecule has 0 aromatic carbocycles. The Morgan fingerprint density at radius 2 is 2.03 bits per heavy atom. The molecule has 158 valence electrons. The molecule has 5 heterocycles. The SMILES string of the molecule is Cc1cn2nc(-c3ccc4c(=O)n([C@@H]5CCNC6(CCC6)C5)ncc4n3)cc(C)c2n1. The number of pyridine rings is 1. The lowest BCUT2D eigenvalue weighted by Crippen LogP contribution is -2.56. The van der Waals surface area contributed by atoms with Gasteiger partial charge < -0.3 is 5.32 Å². The van der Waals surface area contributed by atoms with Crippen LogP contribution in [-0.4, -0.2) is 41.4 Å². The van der Waals surface area contributed by atoms with Crippen molar-refractivity contribution >= 4 is 16.6 Å². The number of nitrogens with one attached hydrogen (secondary N) is 1. The summed E-state index contributed by atoms with van der Waals surface area (Å²) in [6, 6.07) is 5.87. The smallest absolute Gasteiger partial charge is 0.276 e. The molecule has 2 aliphatic rings. The van der Waals surface area contributed by atoms with Gasteiger partial charge in [-0.3, -0.25) is 4.79 Å². The largest absolute Gasteiger partial charge is 0.311 e. The summed E-state index contributed by atoms with van der Waals surface area (Å²) in [4.78, 5) is 22.5. The van der Waals surface area contributed by atoms with Crippen LogP contribution in [-0.2, 0) is 0 Å². The maximum atomic E-state index is 13.2. The van der Waals surface area contributed by atoms with Crippen LogP contribution in [0, 0.1) is 13.8 Å². The van der Waals surface area contributed by atoms with Crippen molar-refractivity contribution < 1.29 is 0 Å². The van der Waals surface area contributed by atoms with Crippen LogP contribution in [0.15, 0.2) is 35.4 Å². The molecule has 1 N–H and O–H groups in total. The Bertz CT molecular complexity index is 1380. The maximum absolute atomic E-state index is 13.2. The van der Waals surface area contributed by atoms with E-state index in [4.69, 9.17) is 4.98 Å². The Morgan fingerprint density at radius 1 is 1.16 bits per heavy atom. The van der Waals surface area contributed by atoms with E-state index in [0.29, 0.717) is 10.9 Å². The Hall–Kier alpha value is -3.13. The number of hydrogen-bond acceptors (Lipinski definition) is 6. The van der Waals surface area contributed by atoms with E-state index >= 15 is 0 Å². The van der Waals surface area contributed by atoms with Gasteiger partial charge in [0, 0.05) is 5.54 Å². The second-order valence-electron chi connectivity index (χ2n) is 9.09. The number of imidazole rings is 1. The number of nitrogens with zero attached hydrogens (tertiary/aromatic N) is 6. The van der Waals surface area contributed by atoms with Crippen molar-refractivity contribution in [2.75, 3.05) is 6.54 Å². The molecule has 2 fully saturated rings. The van der Waals surface area contributed by atoms with Gasteiger partial charge in [-0.25, -0.2) is 19.2 Å². The molecule has 1 saturated heterocycles. The van der Waals surface area contributed by atoms with Crippen LogP contribution >= 0.6 is 0 Å². The van der Waals surface area contributed by atoms with Gasteiger partial charge in [0.25, 0.3) is 5.56 Å². The van der Waals surface area contributed by atoms with E-state index < -0.39 is 0 Å². The Kier molecular flexibility index (Phi) is 4.02. The normalized spacial score (nSPS) is 20.4. The summed E-state index contributed by atoms with van der Waals surface area (Å²) in [5.41, 5.74) is 5.04. The highest BCUT2D eigenvalue weighted by atomic mass is 16.1. The number of hydrogen-bond donors (Lipinski definition) is 1. The Morgan fingerprint density at radius 3 is 2.84 bits per heavy atom. The fourth-order valence-corrected chi connectivity index (χ4v) is 5.14. The van der Waals surface area contributed by atoms with Crippen molar-refractivity contribution in [1.29, 1.82) is 0 Å². The summed E-state index contributed by atoms with van der Waals surface area (Å²) in [5, 5.41) is 13.5. The molecule has 8 nitrogen and oxygen atoms in total. The maximum Gasteiger partial charge on any atom is 0.276 e. The van der Waals surface area contributed by atoms with Crippen LogP contribution < -0.4 is 10.9 Å². The van der Waals surface area contributed by atoms with Gasteiger partial charge in [-0.2, -0.15) is 10.2 Å². The first-order chi connectivity index (χ1) is 15.0. The molecule has 8 heteroatoms. The predicted molar refractivity (Wildman–Crippen MR) is 118 cm³/mol. The summed E-state index contributed by atoms with van der Waals surface area (Å²) < 4.78 is 3.48. The van der Waals surface area contributed by atoms with Crippen LogP contribution in [0.4, 0.5) is 0 Å². The third kappa shape index (κ3) is 2.96. The highest BCUT2D eigenvalue weighted by molar-refractivity contribution is 5.79. The third-order valence-electron chi connectivity index (χ3n) is 6.92. The first-order valence-corrected chi connectivity index (χ1v) is 11.0. The van der Waals surface area contributed by atoms with E-state index in [-0.39, 0.29) is 17.1 Å². The molecular weight excluding hydrogens is 390 g/mol. The van der Waals surface area contributed by atoms with E-state index in [1.165, 1.54) is 19.3 Å². The van der Waals surface area contributed by atoms with E-state index in [1.54, 1.807) is 15.4 Å². The molecule has 0 radical (unpaired) electrons. The summed E-state index contributed by atoms with van der Waals surface area (Å²) >= 11 is 0. The van der Waals surface area contributed by atoms with Crippen molar-refractivity contribution in [1.82, 2.24) is 34.7 Å². The van der Waals surface area contributed by atoms with E-state index in [9.17, 15) is 4.79 Å². The molecule has 31 heavy (non-hydrogen) atoms. The molecule has 0 unspecified atom stereocenters. The molecule has 4 aromatic heterocycles. The molecule has 6 rings (SSSR count). The molecular formula is C23H25N7O. The fraction of sp³-hybridized carbons (Fsp3) is 0.435. The number of piperidine rings is 1. The van der Waals surface area contributed by atoms with Crippen molar-refractivity contribution in [3.63, 3.8) is 0 Å². The van der Waals surface area contributed by atoms with Gasteiger partial charge in [-0.05, 0) is 76.3 Å². The molecule has 1 saturated carbocycles. The fourth-order valence-electron chi connectivity index (χ4n) is 5.14. The van der Waals surface area contributed by atoms with E-state index in [1.807, 2.05) is 38.2 Å². The lowest BCUT2D eigenvalue weighted by Gasteiger charge is -2.48. The first kappa shape index (κ1) is 18.6. The van der Waals surface area contributed by atoms with E-state index in [2.05, 4.69) is 20.5 Å². The highest BCUT2D eigenvalue weighted by Gasteiger charge is 2.41. The van der Waals surface area contributed by atoms with E-state index in [0.717, 1.165) is 47.7 Å². The topological polar surface area (TPSA) is 90.0 Å². The average Bonchev–Trinajstić information content (AvgIpc) is 3.13. The van der Waals surface area contributed by atoms with Crippen molar-refractivity contribution in [2.45, 2.75) is 57.5 Å². The minimum atomic E-state index is -0.0530. The van der Waals surface area contributed by atoms with Crippen LogP contribution in [0.5, 0.6) is 0 Å². The molecule has 0 bridgehead atoms. The number of aryl methyl sites for hydroxylation is 2. The van der Waals surface area contributed by atoms with Gasteiger partial charge in [0.2, 0.25) is 0 Å². The Balaban J connectivity index is 1.39. The first-order valence-electron chi connectivity index (χ1n) is 11.0. The molecule has 1 aliphatic heterocycles. The second-order valence-corrected chi connectivity index (χ2v) is 9.09. The van der Waals surface area contributed by atoms with Crippen LogP contribution in [0.3, 0.4) is 0 Å². The van der Waals surface area contributed by atoms with Crippen LogP contribution in [0.1, 0.15) is 49.4 Å². The van der Waals surface area contributed by atoms with Gasteiger partial charge in [0.05, 0.1) is 40.7 Å². The lowest BCUT2D eigenvalue weighted by atomic mass is 9.70. The van der Waals surface area contributed by atoms with Crippen molar-refractivity contribution in [2.24, 2.45) is 0 Å². The zero-order chi connectivity index (χ0) is 21.2.